The third-order valence-electron chi connectivity index (χ3n) is 6.56. The van der Waals surface area contributed by atoms with Gasteiger partial charge in [-0.1, -0.05) is 20.8 Å². The van der Waals surface area contributed by atoms with Crippen molar-refractivity contribution in [2.75, 3.05) is 45.8 Å². The van der Waals surface area contributed by atoms with Crippen LogP contribution in [0.25, 0.3) is 0 Å². The Labute approximate surface area is 241 Å². The summed E-state index contributed by atoms with van der Waals surface area (Å²) in [5.41, 5.74) is 4.17. The fourth-order valence-electron chi connectivity index (χ4n) is 4.56. The number of anilines is 1. The highest BCUT2D eigenvalue weighted by Crippen LogP contribution is 2.39. The first-order chi connectivity index (χ1) is 18.0. The maximum absolute atomic E-state index is 13.6. The van der Waals surface area contributed by atoms with Crippen molar-refractivity contribution in [2.45, 2.75) is 52.5 Å². The minimum Gasteiger partial charge on any atom is -0.494 e. The fraction of sp³-hybridized carbons (Fsp3) is 0.483. The molecule has 3 rings (SSSR count). The van der Waals surface area contributed by atoms with Crippen LogP contribution in [0, 0.1) is 5.41 Å². The van der Waals surface area contributed by atoms with Gasteiger partial charge in [-0.25, -0.2) is 0 Å². The van der Waals surface area contributed by atoms with Gasteiger partial charge in [0.2, 0.25) is 5.91 Å². The number of fused-ring (bicyclic) bond motifs is 1. The lowest BCUT2D eigenvalue weighted by Gasteiger charge is -2.26. The number of benzene rings is 2. The van der Waals surface area contributed by atoms with Gasteiger partial charge >= 0.3 is 0 Å². The molecule has 9 nitrogen and oxygen atoms in total. The Hall–Kier alpha value is -3.11. The largest absolute Gasteiger partial charge is 0.494 e. The van der Waals surface area contributed by atoms with Crippen molar-refractivity contribution in [1.82, 2.24) is 10.2 Å². The number of nitrogens with zero attached hydrogens (tertiary/aromatic N) is 1. The highest BCUT2D eigenvalue weighted by Gasteiger charge is 2.30. The molecule has 1 aliphatic rings. The van der Waals surface area contributed by atoms with Gasteiger partial charge < -0.3 is 30.1 Å². The number of rotatable bonds is 12. The van der Waals surface area contributed by atoms with E-state index in [1.54, 1.807) is 25.1 Å². The summed E-state index contributed by atoms with van der Waals surface area (Å²) >= 11 is 0. The van der Waals surface area contributed by atoms with E-state index >= 15 is 0 Å². The number of ether oxygens (including phenoxy) is 2. The van der Waals surface area contributed by atoms with E-state index in [0.717, 1.165) is 11.1 Å². The number of hydrogen-bond acceptors (Lipinski definition) is 7. The molecule has 0 aromatic heterocycles. The zero-order valence-corrected chi connectivity index (χ0v) is 25.4. The maximum atomic E-state index is 13.6. The molecule has 0 saturated heterocycles. The van der Waals surface area contributed by atoms with Crippen molar-refractivity contribution in [3.05, 3.63) is 52.1 Å². The normalized spacial score (nSPS) is 12.5. The maximum Gasteiger partial charge on any atom is 0.224 e. The number of amidine groups is 1. The number of carbonyl (C=O) groups is 2. The molecule has 1 aliphatic heterocycles. The first kappa shape index (κ1) is 32.1. The van der Waals surface area contributed by atoms with Gasteiger partial charge in [-0.15, -0.1) is 17.0 Å². The van der Waals surface area contributed by atoms with Gasteiger partial charge in [0, 0.05) is 49.0 Å². The summed E-state index contributed by atoms with van der Waals surface area (Å²) in [6.07, 6.45) is 0.722. The van der Waals surface area contributed by atoms with E-state index in [1.807, 2.05) is 25.1 Å². The number of likely N-dealkylation sites (N-methyl/N-ethyl adjacent to an activating group) is 1. The average Bonchev–Trinajstić information content (AvgIpc) is 3.17. The van der Waals surface area contributed by atoms with Crippen LogP contribution in [0.3, 0.4) is 0 Å². The molecule has 0 aliphatic carbocycles. The molecule has 0 saturated carbocycles. The molecule has 0 atom stereocenters. The van der Waals surface area contributed by atoms with E-state index in [0.29, 0.717) is 60.0 Å². The van der Waals surface area contributed by atoms with Gasteiger partial charge in [0.25, 0.3) is 0 Å². The average molecular weight is 606 g/mol. The molecule has 1 amide bonds. The Morgan fingerprint density at radius 2 is 1.90 bits per heavy atom. The van der Waals surface area contributed by atoms with E-state index in [4.69, 9.17) is 14.9 Å². The second kappa shape index (κ2) is 13.8. The topological polar surface area (TPSA) is 124 Å². The number of ketones is 1. The number of amides is 1. The highest BCUT2D eigenvalue weighted by atomic mass is 79.9. The van der Waals surface area contributed by atoms with Crippen LogP contribution < -0.4 is 20.1 Å². The predicted molar refractivity (Wildman–Crippen MR) is 159 cm³/mol. The standard InChI is InChI=1S/C29H40N4O5.BrH/c1-7-38-25-14-20-16-33(28(30)21(20)11-19(25)15-26(36)31-5)17-24(35)18-12-22(29(2,3)4)27(37-6)23(13-18)32-9-8-10-34;/h11-14,30,32,34H,7-10,15-17H2,1-6H3,(H,31,36);1H. The highest BCUT2D eigenvalue weighted by molar-refractivity contribution is 8.93. The van der Waals surface area contributed by atoms with Crippen LogP contribution >= 0.6 is 17.0 Å². The summed E-state index contributed by atoms with van der Waals surface area (Å²) in [5.74, 6) is 1.30. The molecule has 1 heterocycles. The Bertz CT molecular complexity index is 1210. The van der Waals surface area contributed by atoms with E-state index in [9.17, 15) is 14.7 Å². The van der Waals surface area contributed by atoms with Crippen LogP contribution in [-0.2, 0) is 23.2 Å². The van der Waals surface area contributed by atoms with Crippen molar-refractivity contribution in [1.29, 1.82) is 5.41 Å². The number of aliphatic hydroxyl groups excluding tert-OH is 1. The number of nitrogens with one attached hydrogen (secondary N) is 3. The number of carbonyl (C=O) groups excluding carboxylic acids is 2. The fourth-order valence-corrected chi connectivity index (χ4v) is 4.56. The molecule has 0 bridgehead atoms. The third kappa shape index (κ3) is 7.51. The number of halogens is 1. The van der Waals surface area contributed by atoms with E-state index in [-0.39, 0.29) is 59.5 Å². The Morgan fingerprint density at radius 1 is 1.18 bits per heavy atom. The van der Waals surface area contributed by atoms with Crippen LogP contribution in [0.1, 0.15) is 66.7 Å². The molecule has 0 unspecified atom stereocenters. The smallest absolute Gasteiger partial charge is 0.224 e. The molecule has 0 fully saturated rings. The summed E-state index contributed by atoms with van der Waals surface area (Å²) in [5, 5.41) is 23.9. The lowest BCUT2D eigenvalue weighted by Crippen LogP contribution is -2.30. The molecule has 39 heavy (non-hydrogen) atoms. The lowest BCUT2D eigenvalue weighted by molar-refractivity contribution is -0.119. The summed E-state index contributed by atoms with van der Waals surface area (Å²) in [7, 11) is 3.20. The van der Waals surface area contributed by atoms with Gasteiger partial charge in [-0.05, 0) is 48.6 Å². The third-order valence-corrected chi connectivity index (χ3v) is 6.56. The lowest BCUT2D eigenvalue weighted by atomic mass is 9.84. The van der Waals surface area contributed by atoms with Crippen molar-refractivity contribution in [3.8, 4) is 11.5 Å². The second-order valence-corrected chi connectivity index (χ2v) is 10.4. The summed E-state index contributed by atoms with van der Waals surface area (Å²) in [4.78, 5) is 27.3. The Kier molecular flexibility index (Phi) is 11.4. The van der Waals surface area contributed by atoms with Crippen LogP contribution in [0.5, 0.6) is 11.5 Å². The SMILES string of the molecule is Br.CCOc1cc2c(cc1CC(=O)NC)C(=N)N(CC(=O)c1cc(NCCCO)c(OC)c(C(C)(C)C)c1)C2. The molecule has 214 valence electrons. The van der Waals surface area contributed by atoms with E-state index < -0.39 is 0 Å². The van der Waals surface area contributed by atoms with Crippen LogP contribution in [0.4, 0.5) is 5.69 Å². The van der Waals surface area contributed by atoms with Gasteiger partial charge in [0.05, 0.1) is 32.4 Å². The molecular weight excluding hydrogens is 564 g/mol. The molecule has 2 aromatic rings. The first-order valence-electron chi connectivity index (χ1n) is 13.0. The molecule has 2 aromatic carbocycles. The second-order valence-electron chi connectivity index (χ2n) is 10.4. The van der Waals surface area contributed by atoms with Crippen molar-refractivity contribution < 1.29 is 24.2 Å². The predicted octanol–water partition coefficient (Wildman–Crippen LogP) is 4.08. The number of aliphatic hydroxyl groups is 1. The molecule has 10 heteroatoms. The molecule has 0 spiro atoms. The van der Waals surface area contributed by atoms with Gasteiger partial charge in [-0.3, -0.25) is 15.0 Å². The van der Waals surface area contributed by atoms with Crippen molar-refractivity contribution in [2.24, 2.45) is 0 Å². The van der Waals surface area contributed by atoms with Crippen LogP contribution in [-0.4, -0.2) is 68.0 Å². The van der Waals surface area contributed by atoms with Crippen molar-refractivity contribution in [3.63, 3.8) is 0 Å². The van der Waals surface area contributed by atoms with Crippen LogP contribution in [0.2, 0.25) is 0 Å². The quantitative estimate of drug-likeness (QED) is 0.212. The molecule has 4 N–H and O–H groups in total. The minimum absolute atomic E-state index is 0. The van der Waals surface area contributed by atoms with Crippen LogP contribution in [0.15, 0.2) is 24.3 Å². The van der Waals surface area contributed by atoms with Gasteiger partial charge in [-0.2, -0.15) is 0 Å². The Balaban J connectivity index is 0.00000533. The monoisotopic (exact) mass is 604 g/mol. The van der Waals surface area contributed by atoms with Gasteiger partial charge in [0.1, 0.15) is 17.3 Å². The minimum atomic E-state index is -0.275. The van der Waals surface area contributed by atoms with Crippen molar-refractivity contribution >= 4 is 40.2 Å². The van der Waals surface area contributed by atoms with Gasteiger partial charge in [0.15, 0.2) is 5.78 Å². The zero-order valence-electron chi connectivity index (χ0n) is 23.7. The first-order valence-corrected chi connectivity index (χ1v) is 13.0. The Morgan fingerprint density at radius 3 is 2.49 bits per heavy atom. The number of methoxy groups -OCH3 is 1. The molecular formula is C29H41BrN4O5. The summed E-state index contributed by atoms with van der Waals surface area (Å²) < 4.78 is 11.5. The number of hydrogen-bond donors (Lipinski definition) is 4. The summed E-state index contributed by atoms with van der Waals surface area (Å²) in [6.45, 7) is 9.59. The zero-order chi connectivity index (χ0) is 28.0. The van der Waals surface area contributed by atoms with E-state index in [2.05, 4.69) is 31.4 Å². The number of Topliss-reactive ketones (excluding diaryl/α,β-unsaturated/α-hetero) is 1. The molecule has 0 radical (unpaired) electrons. The summed E-state index contributed by atoms with van der Waals surface area (Å²) in [6, 6.07) is 7.37. The van der Waals surface area contributed by atoms with E-state index in [1.165, 1.54) is 0 Å².